The first kappa shape index (κ1) is 23.4. The number of alkyl carbamates (subject to hydrolysis) is 1. The summed E-state index contributed by atoms with van der Waals surface area (Å²) in [7, 11) is 0. The molecular formula is C28H32N2O5. The zero-order chi connectivity index (χ0) is 25.0. The third-order valence-corrected chi connectivity index (χ3v) is 7.87. The van der Waals surface area contributed by atoms with Crippen molar-refractivity contribution in [1.82, 2.24) is 10.2 Å². The van der Waals surface area contributed by atoms with Gasteiger partial charge in [0.05, 0.1) is 5.92 Å². The Bertz CT molecular complexity index is 1130. The van der Waals surface area contributed by atoms with Crippen molar-refractivity contribution in [2.75, 3.05) is 19.7 Å². The molecule has 1 heterocycles. The second-order valence-electron chi connectivity index (χ2n) is 11.2. The van der Waals surface area contributed by atoms with Crippen LogP contribution < -0.4 is 5.32 Å². The Morgan fingerprint density at radius 1 is 1.06 bits per heavy atom. The van der Waals surface area contributed by atoms with Gasteiger partial charge in [-0.05, 0) is 40.5 Å². The predicted octanol–water partition coefficient (Wildman–Crippen LogP) is 4.26. The number of hydrogen-bond acceptors (Lipinski definition) is 4. The van der Waals surface area contributed by atoms with Crippen LogP contribution >= 0.6 is 0 Å². The van der Waals surface area contributed by atoms with E-state index in [0.29, 0.717) is 6.54 Å². The monoisotopic (exact) mass is 476 g/mol. The minimum absolute atomic E-state index is 0.0680. The normalized spacial score (nSPS) is 20.8. The quantitative estimate of drug-likeness (QED) is 0.672. The summed E-state index contributed by atoms with van der Waals surface area (Å²) in [5, 5.41) is 12.4. The van der Waals surface area contributed by atoms with Gasteiger partial charge in [0.1, 0.15) is 12.6 Å². The molecular weight excluding hydrogens is 444 g/mol. The Hall–Kier alpha value is -3.35. The molecule has 0 aromatic heterocycles. The Balaban J connectivity index is 1.27. The van der Waals surface area contributed by atoms with E-state index in [1.165, 1.54) is 0 Å². The molecule has 2 atom stereocenters. The first-order valence-corrected chi connectivity index (χ1v) is 12.2. The largest absolute Gasteiger partial charge is 0.481 e. The molecule has 1 aliphatic heterocycles. The molecule has 2 aromatic carbocycles. The Kier molecular flexibility index (Phi) is 5.61. The number of likely N-dealkylation sites (tertiary alicyclic amines) is 1. The smallest absolute Gasteiger partial charge is 0.407 e. The molecule has 7 nitrogen and oxygen atoms in total. The van der Waals surface area contributed by atoms with Gasteiger partial charge >= 0.3 is 12.1 Å². The molecule has 2 aliphatic carbocycles. The third-order valence-electron chi connectivity index (χ3n) is 7.87. The molecule has 1 saturated heterocycles. The highest BCUT2D eigenvalue weighted by Crippen LogP contribution is 2.56. The summed E-state index contributed by atoms with van der Waals surface area (Å²) in [5.74, 6) is -1.71. The van der Waals surface area contributed by atoms with Crippen LogP contribution in [0.1, 0.15) is 50.7 Å². The average molecular weight is 477 g/mol. The lowest BCUT2D eigenvalue weighted by molar-refractivity contribution is -0.143. The van der Waals surface area contributed by atoms with E-state index in [4.69, 9.17) is 4.74 Å². The summed E-state index contributed by atoms with van der Waals surface area (Å²) in [6, 6.07) is 15.4. The third kappa shape index (κ3) is 4.17. The molecule has 2 N–H and O–H groups in total. The second kappa shape index (κ2) is 8.40. The van der Waals surface area contributed by atoms with Crippen molar-refractivity contribution in [2.45, 2.75) is 45.6 Å². The van der Waals surface area contributed by atoms with Crippen LogP contribution in [-0.4, -0.2) is 53.7 Å². The van der Waals surface area contributed by atoms with Gasteiger partial charge in [-0.1, -0.05) is 69.3 Å². The number of hydrogen-bond donors (Lipinski definition) is 2. The lowest BCUT2D eigenvalue weighted by Crippen LogP contribution is -2.54. The molecule has 7 heteroatoms. The zero-order valence-electron chi connectivity index (χ0n) is 20.4. The first-order valence-electron chi connectivity index (χ1n) is 12.2. The number of carbonyl (C=O) groups is 3. The SMILES string of the molecule is CC(C)(C)[C@@H](NC(=O)OCC1c2ccccc2-c2ccccc21)C(=O)N1CC(C(=O)O)C2(CC2)C1. The van der Waals surface area contributed by atoms with E-state index < -0.39 is 29.4 Å². The Labute approximate surface area is 205 Å². The Morgan fingerprint density at radius 3 is 2.11 bits per heavy atom. The highest BCUT2D eigenvalue weighted by Gasteiger charge is 2.59. The van der Waals surface area contributed by atoms with Crippen molar-refractivity contribution in [3.8, 4) is 11.1 Å². The molecule has 5 rings (SSSR count). The maximum atomic E-state index is 13.5. The molecule has 3 aliphatic rings. The fourth-order valence-corrected chi connectivity index (χ4v) is 5.73. The van der Waals surface area contributed by atoms with Crippen LogP contribution in [0.4, 0.5) is 4.79 Å². The molecule has 0 bridgehead atoms. The van der Waals surface area contributed by atoms with E-state index in [2.05, 4.69) is 29.6 Å². The highest BCUT2D eigenvalue weighted by molar-refractivity contribution is 5.88. The summed E-state index contributed by atoms with van der Waals surface area (Å²) in [6.07, 6.45) is 1.01. The summed E-state index contributed by atoms with van der Waals surface area (Å²) in [6.45, 7) is 6.44. The second-order valence-corrected chi connectivity index (χ2v) is 11.2. The van der Waals surface area contributed by atoms with Gasteiger partial charge in [0.15, 0.2) is 0 Å². The summed E-state index contributed by atoms with van der Waals surface area (Å²) in [4.78, 5) is 39.7. The van der Waals surface area contributed by atoms with Gasteiger partial charge in [-0.3, -0.25) is 9.59 Å². The van der Waals surface area contributed by atoms with E-state index in [1.807, 2.05) is 45.0 Å². The first-order chi connectivity index (χ1) is 16.6. The van der Waals surface area contributed by atoms with Gasteiger partial charge in [0, 0.05) is 24.4 Å². The van der Waals surface area contributed by atoms with Gasteiger partial charge in [-0.15, -0.1) is 0 Å². The fraction of sp³-hybridized carbons (Fsp3) is 0.464. The van der Waals surface area contributed by atoms with E-state index in [-0.39, 0.29) is 30.4 Å². The van der Waals surface area contributed by atoms with Crippen molar-refractivity contribution in [2.24, 2.45) is 16.7 Å². The van der Waals surface area contributed by atoms with Gasteiger partial charge in [-0.25, -0.2) is 4.79 Å². The van der Waals surface area contributed by atoms with E-state index in [1.54, 1.807) is 4.90 Å². The molecule has 35 heavy (non-hydrogen) atoms. The van der Waals surface area contributed by atoms with Crippen LogP contribution in [0.15, 0.2) is 48.5 Å². The highest BCUT2D eigenvalue weighted by atomic mass is 16.5. The summed E-state index contributed by atoms with van der Waals surface area (Å²) < 4.78 is 5.68. The molecule has 184 valence electrons. The predicted molar refractivity (Wildman–Crippen MR) is 131 cm³/mol. The maximum Gasteiger partial charge on any atom is 0.407 e. The molecule has 1 saturated carbocycles. The number of nitrogens with zero attached hydrogens (tertiary/aromatic N) is 1. The number of carboxylic acids is 1. The maximum absolute atomic E-state index is 13.5. The molecule has 1 unspecified atom stereocenters. The van der Waals surface area contributed by atoms with Gasteiger partial charge in [0.2, 0.25) is 5.91 Å². The topological polar surface area (TPSA) is 95.9 Å². The summed E-state index contributed by atoms with van der Waals surface area (Å²) in [5.41, 5.74) is 3.67. The van der Waals surface area contributed by atoms with Crippen molar-refractivity contribution in [3.63, 3.8) is 0 Å². The van der Waals surface area contributed by atoms with Crippen LogP contribution in [0.5, 0.6) is 0 Å². The number of carboxylic acid groups (broad SMARTS) is 1. The minimum atomic E-state index is -0.852. The van der Waals surface area contributed by atoms with Crippen LogP contribution in [0.3, 0.4) is 0 Å². The van der Waals surface area contributed by atoms with Gasteiger partial charge in [0.25, 0.3) is 0 Å². The molecule has 2 amide bonds. The number of amides is 2. The average Bonchev–Trinajstić information content (AvgIpc) is 3.36. The van der Waals surface area contributed by atoms with E-state index in [0.717, 1.165) is 35.1 Å². The van der Waals surface area contributed by atoms with Crippen LogP contribution in [0.2, 0.25) is 0 Å². The van der Waals surface area contributed by atoms with Crippen molar-refractivity contribution >= 4 is 18.0 Å². The van der Waals surface area contributed by atoms with Crippen LogP contribution in [-0.2, 0) is 14.3 Å². The molecule has 0 radical (unpaired) electrons. The number of benzene rings is 2. The van der Waals surface area contributed by atoms with Crippen molar-refractivity contribution < 1.29 is 24.2 Å². The molecule has 1 spiro atoms. The number of fused-ring (bicyclic) bond motifs is 3. The molecule has 2 fully saturated rings. The van der Waals surface area contributed by atoms with E-state index >= 15 is 0 Å². The standard InChI is InChI=1S/C28H32N2O5/c1-27(2,3)23(24(31)30-14-22(25(32)33)28(16-30)12-13-28)29-26(34)35-15-21-19-10-6-4-8-17(19)18-9-5-7-11-20(18)21/h4-11,21-23H,12-16H2,1-3H3,(H,29,34)(H,32,33)/t22?,23-/m0/s1. The Morgan fingerprint density at radius 2 is 1.63 bits per heavy atom. The van der Waals surface area contributed by atoms with Crippen molar-refractivity contribution in [3.05, 3.63) is 59.7 Å². The number of rotatable bonds is 5. The van der Waals surface area contributed by atoms with E-state index in [9.17, 15) is 19.5 Å². The zero-order valence-corrected chi connectivity index (χ0v) is 20.4. The van der Waals surface area contributed by atoms with Gasteiger partial charge < -0.3 is 20.1 Å². The minimum Gasteiger partial charge on any atom is -0.481 e. The number of carbonyl (C=O) groups excluding carboxylic acids is 2. The molecule has 2 aromatic rings. The van der Waals surface area contributed by atoms with Gasteiger partial charge in [-0.2, -0.15) is 0 Å². The number of aliphatic carboxylic acids is 1. The van der Waals surface area contributed by atoms with Crippen molar-refractivity contribution in [1.29, 1.82) is 0 Å². The fourth-order valence-electron chi connectivity index (χ4n) is 5.73. The van der Waals surface area contributed by atoms with Crippen LogP contribution in [0.25, 0.3) is 11.1 Å². The van der Waals surface area contributed by atoms with Crippen LogP contribution in [0, 0.1) is 16.7 Å². The number of ether oxygens (including phenoxy) is 1. The number of nitrogens with one attached hydrogen (secondary N) is 1. The lowest BCUT2D eigenvalue weighted by Gasteiger charge is -2.33. The lowest BCUT2D eigenvalue weighted by atomic mass is 9.86. The summed E-state index contributed by atoms with van der Waals surface area (Å²) >= 11 is 0.